The van der Waals surface area contributed by atoms with Gasteiger partial charge in [-0.25, -0.2) is 0 Å². The highest BCUT2D eigenvalue weighted by Crippen LogP contribution is 2.64. The van der Waals surface area contributed by atoms with Crippen LogP contribution in [-0.4, -0.2) is 44.0 Å². The number of fused-ring (bicyclic) bond motifs is 4. The molecule has 3 N–H and O–H groups in total. The van der Waals surface area contributed by atoms with Gasteiger partial charge in [0.2, 0.25) is 0 Å². The van der Waals surface area contributed by atoms with E-state index in [4.69, 9.17) is 0 Å². The van der Waals surface area contributed by atoms with Gasteiger partial charge < -0.3 is 5.11 Å². The molecular weight excluding hydrogens is 614 g/mol. The summed E-state index contributed by atoms with van der Waals surface area (Å²) in [6.07, 6.45) is 2.17. The van der Waals surface area contributed by atoms with Crippen molar-refractivity contribution in [3.8, 4) is 5.75 Å². The first-order valence-corrected chi connectivity index (χ1v) is 15.0. The topological polar surface area (TPSA) is 127 Å². The molecule has 4 amide bonds. The van der Waals surface area contributed by atoms with E-state index in [2.05, 4.69) is 21.4 Å². The number of hydroxylamine groups is 2. The number of halogens is 1. The first-order valence-electron chi connectivity index (χ1n) is 14.2. The monoisotopic (exact) mass is 641 g/mol. The van der Waals surface area contributed by atoms with Crippen molar-refractivity contribution in [2.45, 2.75) is 31.1 Å². The maximum absolute atomic E-state index is 14.9. The van der Waals surface area contributed by atoms with Crippen LogP contribution in [0.1, 0.15) is 35.4 Å². The van der Waals surface area contributed by atoms with E-state index in [0.717, 1.165) is 10.6 Å². The van der Waals surface area contributed by atoms with Crippen LogP contribution in [0.5, 0.6) is 5.75 Å². The molecule has 6 atom stereocenters. The average molecular weight is 643 g/mol. The largest absolute Gasteiger partial charge is 0.508 e. The lowest BCUT2D eigenvalue weighted by atomic mass is 9.49. The van der Waals surface area contributed by atoms with Crippen molar-refractivity contribution >= 4 is 45.2 Å². The summed E-state index contributed by atoms with van der Waals surface area (Å²) < 4.78 is 0.663. The molecule has 0 bridgehead atoms. The van der Waals surface area contributed by atoms with E-state index in [1.807, 2.05) is 55.5 Å². The number of nitrogens with one attached hydrogen (secondary N) is 1. The number of allylic oxidation sites excluding steroid dienone is 2. The van der Waals surface area contributed by atoms with Gasteiger partial charge >= 0.3 is 0 Å². The van der Waals surface area contributed by atoms with Crippen LogP contribution in [0.15, 0.2) is 88.9 Å². The van der Waals surface area contributed by atoms with Gasteiger partial charge in [-0.3, -0.25) is 29.8 Å². The van der Waals surface area contributed by atoms with E-state index in [-0.39, 0.29) is 23.7 Å². The number of hydrazine groups is 1. The lowest BCUT2D eigenvalue weighted by Crippen LogP contribution is -2.53. The smallest absolute Gasteiger partial charge is 0.260 e. The van der Waals surface area contributed by atoms with Crippen molar-refractivity contribution in [1.82, 2.24) is 10.1 Å². The highest BCUT2D eigenvalue weighted by Gasteiger charge is 2.70. The Morgan fingerprint density at radius 1 is 0.907 bits per heavy atom. The molecule has 2 heterocycles. The molecule has 3 aromatic rings. The van der Waals surface area contributed by atoms with Gasteiger partial charge in [-0.15, -0.1) is 0 Å². The summed E-state index contributed by atoms with van der Waals surface area (Å²) in [5.74, 6) is -6.43. The second-order valence-corrected chi connectivity index (χ2v) is 12.7. The summed E-state index contributed by atoms with van der Waals surface area (Å²) in [4.78, 5) is 55.5. The molecule has 4 aliphatic rings. The first kappa shape index (κ1) is 27.5. The number of aryl methyl sites for hydroxylation is 1. The second kappa shape index (κ2) is 9.89. The normalized spacial score (nSPS) is 29.7. The number of phenolic OH excluding ortho intramolecular Hbond substituents is 1. The summed E-state index contributed by atoms with van der Waals surface area (Å²) in [5.41, 5.74) is 4.87. The van der Waals surface area contributed by atoms with E-state index >= 15 is 0 Å². The fourth-order valence-electron chi connectivity index (χ4n) is 7.83. The standard InChI is InChI=1S/C33H28BrN3O6/c1-17-7-10-20(11-8-17)35-36-30(40)25-16-23-21(12-13-22-27(23)31(41)37(43)29(22)39)28(24-15-19(34)9-14-26(24)38)33(25,32(36)42)18-5-3-2-4-6-18/h2-12,14-15,22-23,25,27-28,35,38,43H,13,16H2,1H3/t22-,23+,25-,27-,28+,33+/m0/s1. The van der Waals surface area contributed by atoms with E-state index in [0.29, 0.717) is 26.9 Å². The Kier molecular flexibility index (Phi) is 6.33. The zero-order chi connectivity index (χ0) is 30.2. The third-order valence-electron chi connectivity index (χ3n) is 9.67. The molecule has 9 nitrogen and oxygen atoms in total. The van der Waals surface area contributed by atoms with Crippen LogP contribution in [-0.2, 0) is 24.6 Å². The number of imide groups is 2. The van der Waals surface area contributed by atoms with E-state index in [1.54, 1.807) is 24.3 Å². The minimum absolute atomic E-state index is 0.0614. The maximum atomic E-state index is 14.9. The van der Waals surface area contributed by atoms with Crippen molar-refractivity contribution in [2.24, 2.45) is 23.7 Å². The number of carbonyl (C=O) groups excluding carboxylic acids is 4. The van der Waals surface area contributed by atoms with Crippen molar-refractivity contribution in [1.29, 1.82) is 0 Å². The van der Waals surface area contributed by atoms with Crippen molar-refractivity contribution in [3.05, 3.63) is 106 Å². The van der Waals surface area contributed by atoms with E-state index in [1.165, 1.54) is 6.07 Å². The molecule has 0 aromatic heterocycles. The minimum Gasteiger partial charge on any atom is -0.508 e. The third-order valence-corrected chi connectivity index (χ3v) is 10.2. The number of hydrogen-bond acceptors (Lipinski definition) is 7. The first-order chi connectivity index (χ1) is 20.6. The van der Waals surface area contributed by atoms with Crippen molar-refractivity contribution < 1.29 is 29.5 Å². The Labute approximate surface area is 255 Å². The van der Waals surface area contributed by atoms with Crippen molar-refractivity contribution in [3.63, 3.8) is 0 Å². The van der Waals surface area contributed by atoms with Gasteiger partial charge in [-0.1, -0.05) is 75.6 Å². The number of rotatable bonds is 4. The number of nitrogens with zero attached hydrogens (tertiary/aromatic N) is 2. The lowest BCUT2D eigenvalue weighted by Gasteiger charge is -2.50. The Morgan fingerprint density at radius 2 is 1.63 bits per heavy atom. The molecule has 3 fully saturated rings. The Morgan fingerprint density at radius 3 is 2.35 bits per heavy atom. The Balaban J connectivity index is 1.48. The summed E-state index contributed by atoms with van der Waals surface area (Å²) in [6, 6.07) is 21.4. The molecule has 0 spiro atoms. The predicted molar refractivity (Wildman–Crippen MR) is 158 cm³/mol. The number of carbonyl (C=O) groups is 4. The Hall–Kier alpha value is -4.28. The second-order valence-electron chi connectivity index (χ2n) is 11.8. The number of hydrogen-bond donors (Lipinski definition) is 3. The van der Waals surface area contributed by atoms with Crippen LogP contribution in [0, 0.1) is 30.6 Å². The number of amides is 4. The van der Waals surface area contributed by atoms with Gasteiger partial charge in [-0.05, 0) is 61.6 Å². The lowest BCUT2D eigenvalue weighted by molar-refractivity contribution is -0.173. The summed E-state index contributed by atoms with van der Waals surface area (Å²) in [6.45, 7) is 1.94. The SMILES string of the molecule is Cc1ccc(NN2C(=O)[C@@H]3C[C@@H]4C(=CC[C@@H]5C(=O)N(O)C(=O)[C@@H]54)[C@H](c4cc(Br)ccc4O)[C@]3(c3ccccc3)C2=O)cc1. The van der Waals surface area contributed by atoms with Gasteiger partial charge in [0.1, 0.15) is 5.75 Å². The van der Waals surface area contributed by atoms with Gasteiger partial charge in [0.25, 0.3) is 23.6 Å². The fraction of sp³-hybridized carbons (Fsp3) is 0.273. The molecule has 2 saturated heterocycles. The molecule has 2 aliphatic carbocycles. The average Bonchev–Trinajstić information content (AvgIpc) is 3.36. The van der Waals surface area contributed by atoms with Crippen LogP contribution in [0.25, 0.3) is 0 Å². The predicted octanol–water partition coefficient (Wildman–Crippen LogP) is 4.84. The minimum atomic E-state index is -1.48. The maximum Gasteiger partial charge on any atom is 0.260 e. The number of aromatic hydroxyl groups is 1. The summed E-state index contributed by atoms with van der Waals surface area (Å²) in [5, 5.41) is 22.9. The van der Waals surface area contributed by atoms with Crippen LogP contribution >= 0.6 is 15.9 Å². The third kappa shape index (κ3) is 3.86. The molecule has 10 heteroatoms. The number of anilines is 1. The highest BCUT2D eigenvalue weighted by atomic mass is 79.9. The van der Waals surface area contributed by atoms with E-state index in [9.17, 15) is 29.5 Å². The molecule has 0 unspecified atom stereocenters. The fourth-order valence-corrected chi connectivity index (χ4v) is 8.21. The molecule has 43 heavy (non-hydrogen) atoms. The van der Waals surface area contributed by atoms with Crippen LogP contribution in [0.4, 0.5) is 5.69 Å². The van der Waals surface area contributed by atoms with Gasteiger partial charge in [-0.2, -0.15) is 10.1 Å². The van der Waals surface area contributed by atoms with Crippen LogP contribution in [0.2, 0.25) is 0 Å². The van der Waals surface area contributed by atoms with Crippen LogP contribution in [0.3, 0.4) is 0 Å². The Bertz CT molecular complexity index is 1720. The summed E-state index contributed by atoms with van der Waals surface area (Å²) >= 11 is 3.51. The molecule has 3 aromatic carbocycles. The van der Waals surface area contributed by atoms with Gasteiger partial charge in [0.15, 0.2) is 0 Å². The van der Waals surface area contributed by atoms with E-state index < -0.39 is 58.6 Å². The number of benzene rings is 3. The van der Waals surface area contributed by atoms with Gasteiger partial charge in [0, 0.05) is 16.0 Å². The molecule has 0 radical (unpaired) electrons. The molecule has 2 aliphatic heterocycles. The number of phenols is 1. The molecule has 7 rings (SSSR count). The zero-order valence-corrected chi connectivity index (χ0v) is 24.7. The molecule has 218 valence electrons. The van der Waals surface area contributed by atoms with Crippen molar-refractivity contribution in [2.75, 3.05) is 5.43 Å². The molecule has 1 saturated carbocycles. The van der Waals surface area contributed by atoms with Gasteiger partial charge in [0.05, 0.1) is 28.9 Å². The molecular formula is C33H28BrN3O6. The quantitative estimate of drug-likeness (QED) is 0.211. The highest BCUT2D eigenvalue weighted by molar-refractivity contribution is 9.10. The zero-order valence-electron chi connectivity index (χ0n) is 23.1. The van der Waals surface area contributed by atoms with Crippen LogP contribution < -0.4 is 5.43 Å². The summed E-state index contributed by atoms with van der Waals surface area (Å²) in [7, 11) is 0.